The van der Waals surface area contributed by atoms with Crippen LogP contribution in [-0.4, -0.2) is 21.7 Å². The van der Waals surface area contributed by atoms with E-state index in [1.807, 2.05) is 13.0 Å². The minimum atomic E-state index is 0.572. The van der Waals surface area contributed by atoms with Gasteiger partial charge in [0.05, 0.1) is 17.5 Å². The maximum Gasteiger partial charge on any atom is 0.138 e. The number of benzene rings is 1. The molecule has 3 heterocycles. The molecule has 0 amide bonds. The molecular formula is C21H22N4OS. The van der Waals surface area contributed by atoms with Crippen LogP contribution in [0.25, 0.3) is 10.2 Å². The van der Waals surface area contributed by atoms with Gasteiger partial charge in [-0.25, -0.2) is 9.97 Å². The van der Waals surface area contributed by atoms with Gasteiger partial charge in [-0.1, -0.05) is 35.5 Å². The highest BCUT2D eigenvalue weighted by Gasteiger charge is 2.12. The van der Waals surface area contributed by atoms with E-state index in [0.29, 0.717) is 6.42 Å². The molecule has 0 aliphatic heterocycles. The van der Waals surface area contributed by atoms with Crippen molar-refractivity contribution in [3.63, 3.8) is 0 Å². The Bertz CT molecular complexity index is 1040. The number of hydrogen-bond acceptors (Lipinski definition) is 6. The molecule has 0 aliphatic rings. The van der Waals surface area contributed by atoms with Crippen LogP contribution in [0.5, 0.6) is 0 Å². The Morgan fingerprint density at radius 3 is 2.70 bits per heavy atom. The molecule has 0 fully saturated rings. The Morgan fingerprint density at radius 2 is 1.93 bits per heavy atom. The van der Waals surface area contributed by atoms with Gasteiger partial charge in [-0.15, -0.1) is 11.3 Å². The molecule has 6 heteroatoms. The van der Waals surface area contributed by atoms with Gasteiger partial charge in [0.2, 0.25) is 0 Å². The first-order valence-corrected chi connectivity index (χ1v) is 9.96. The minimum Gasteiger partial charge on any atom is -0.369 e. The van der Waals surface area contributed by atoms with E-state index < -0.39 is 0 Å². The molecular weight excluding hydrogens is 356 g/mol. The van der Waals surface area contributed by atoms with E-state index in [9.17, 15) is 0 Å². The van der Waals surface area contributed by atoms with Gasteiger partial charge in [0.1, 0.15) is 22.2 Å². The summed E-state index contributed by atoms with van der Waals surface area (Å²) >= 11 is 1.70. The van der Waals surface area contributed by atoms with Gasteiger partial charge in [-0.3, -0.25) is 0 Å². The summed E-state index contributed by atoms with van der Waals surface area (Å²) in [5.41, 5.74) is 2.22. The molecule has 0 spiro atoms. The van der Waals surface area contributed by atoms with E-state index in [4.69, 9.17) is 14.5 Å². The lowest BCUT2D eigenvalue weighted by Gasteiger charge is -2.08. The highest BCUT2D eigenvalue weighted by molar-refractivity contribution is 7.18. The number of nitrogens with one attached hydrogen (secondary N) is 1. The topological polar surface area (TPSA) is 63.8 Å². The Balaban J connectivity index is 1.49. The summed E-state index contributed by atoms with van der Waals surface area (Å²) < 4.78 is 5.16. The van der Waals surface area contributed by atoms with Crippen LogP contribution < -0.4 is 5.32 Å². The summed E-state index contributed by atoms with van der Waals surface area (Å²) in [4.78, 5) is 11.7. The quantitative estimate of drug-likeness (QED) is 0.462. The number of fused-ring (bicyclic) bond motifs is 1. The molecule has 1 N–H and O–H groups in total. The summed E-state index contributed by atoms with van der Waals surface area (Å²) in [6.07, 6.45) is 2.68. The molecule has 0 bridgehead atoms. The van der Waals surface area contributed by atoms with Crippen LogP contribution in [0.1, 0.15) is 34.1 Å². The van der Waals surface area contributed by atoms with Gasteiger partial charge in [0, 0.05) is 17.5 Å². The van der Waals surface area contributed by atoms with E-state index in [2.05, 4.69) is 53.8 Å². The van der Waals surface area contributed by atoms with Crippen LogP contribution >= 0.6 is 11.3 Å². The van der Waals surface area contributed by atoms with Crippen molar-refractivity contribution in [1.82, 2.24) is 15.1 Å². The summed E-state index contributed by atoms with van der Waals surface area (Å²) in [6.45, 7) is 4.87. The van der Waals surface area contributed by atoms with Crippen LogP contribution in [0.15, 0.2) is 47.0 Å². The Kier molecular flexibility index (Phi) is 5.16. The van der Waals surface area contributed by atoms with Gasteiger partial charge in [0.25, 0.3) is 0 Å². The van der Waals surface area contributed by atoms with Crippen molar-refractivity contribution >= 4 is 27.4 Å². The maximum atomic E-state index is 5.16. The third-order valence-electron chi connectivity index (χ3n) is 4.36. The smallest absolute Gasteiger partial charge is 0.138 e. The second kappa shape index (κ2) is 7.88. The first kappa shape index (κ1) is 17.7. The van der Waals surface area contributed by atoms with Crippen LogP contribution in [0.3, 0.4) is 0 Å². The van der Waals surface area contributed by atoms with Crippen LogP contribution in [0, 0.1) is 13.8 Å². The van der Waals surface area contributed by atoms with Crippen molar-refractivity contribution < 1.29 is 4.52 Å². The van der Waals surface area contributed by atoms with Crippen molar-refractivity contribution in [2.24, 2.45) is 0 Å². The zero-order valence-corrected chi connectivity index (χ0v) is 16.3. The van der Waals surface area contributed by atoms with Gasteiger partial charge in [0.15, 0.2) is 0 Å². The average molecular weight is 379 g/mol. The molecule has 27 heavy (non-hydrogen) atoms. The fourth-order valence-electron chi connectivity index (χ4n) is 3.11. The lowest BCUT2D eigenvalue weighted by atomic mass is 10.1. The fraction of sp³-hybridized carbons (Fsp3) is 0.286. The lowest BCUT2D eigenvalue weighted by molar-refractivity contribution is 0.391. The molecule has 1 aromatic carbocycles. The summed E-state index contributed by atoms with van der Waals surface area (Å²) in [5, 5.41) is 8.67. The number of aromatic nitrogens is 3. The lowest BCUT2D eigenvalue weighted by Crippen LogP contribution is -2.07. The van der Waals surface area contributed by atoms with E-state index >= 15 is 0 Å². The zero-order valence-electron chi connectivity index (χ0n) is 15.5. The normalized spacial score (nSPS) is 11.2. The Morgan fingerprint density at radius 1 is 1.07 bits per heavy atom. The second-order valence-electron chi connectivity index (χ2n) is 6.69. The largest absolute Gasteiger partial charge is 0.369 e. The molecule has 138 valence electrons. The maximum absolute atomic E-state index is 5.16. The first-order chi connectivity index (χ1) is 13.2. The first-order valence-electron chi connectivity index (χ1n) is 9.14. The molecule has 0 saturated carbocycles. The second-order valence-corrected chi connectivity index (χ2v) is 7.92. The number of rotatable bonds is 7. The molecule has 0 unspecified atom stereocenters. The minimum absolute atomic E-state index is 0.572. The van der Waals surface area contributed by atoms with Crippen LogP contribution in [0.2, 0.25) is 0 Å². The van der Waals surface area contributed by atoms with Crippen molar-refractivity contribution in [2.45, 2.75) is 33.1 Å². The van der Waals surface area contributed by atoms with Gasteiger partial charge < -0.3 is 9.84 Å². The van der Waals surface area contributed by atoms with Gasteiger partial charge in [-0.05, 0) is 38.3 Å². The van der Waals surface area contributed by atoms with Crippen LogP contribution in [-0.2, 0) is 12.8 Å². The predicted molar refractivity (Wildman–Crippen MR) is 109 cm³/mol. The molecule has 0 radical (unpaired) electrons. The van der Waals surface area contributed by atoms with Crippen molar-refractivity contribution in [2.75, 3.05) is 11.9 Å². The number of anilines is 1. The van der Waals surface area contributed by atoms with Crippen molar-refractivity contribution in [3.8, 4) is 0 Å². The van der Waals surface area contributed by atoms with Crippen molar-refractivity contribution in [3.05, 3.63) is 70.2 Å². The number of hydrogen-bond donors (Lipinski definition) is 1. The fourth-order valence-corrected chi connectivity index (χ4v) is 4.01. The Hall–Kier alpha value is -2.73. The van der Waals surface area contributed by atoms with E-state index in [1.165, 1.54) is 10.4 Å². The standard InChI is InChI=1S/C21H22N4OS/c1-14-11-17(25-26-14)13-19-23-20(18-12-15(2)27-21(18)24-19)22-10-6-9-16-7-4-3-5-8-16/h3-5,7-8,11-12H,6,9-10,13H2,1-2H3,(H,22,23,24). The molecule has 0 saturated heterocycles. The van der Waals surface area contributed by atoms with Crippen LogP contribution in [0.4, 0.5) is 5.82 Å². The molecule has 4 aromatic rings. The molecule has 3 aromatic heterocycles. The molecule has 0 atom stereocenters. The SMILES string of the molecule is Cc1cc(Cc2nc(NCCCc3ccccc3)c3cc(C)sc3n2)no1. The third kappa shape index (κ3) is 4.34. The zero-order chi connectivity index (χ0) is 18.6. The summed E-state index contributed by atoms with van der Waals surface area (Å²) in [5.74, 6) is 2.48. The van der Waals surface area contributed by atoms with E-state index in [-0.39, 0.29) is 0 Å². The predicted octanol–water partition coefficient (Wildman–Crippen LogP) is 4.93. The van der Waals surface area contributed by atoms with Gasteiger partial charge in [-0.2, -0.15) is 0 Å². The van der Waals surface area contributed by atoms with Gasteiger partial charge >= 0.3 is 0 Å². The third-order valence-corrected chi connectivity index (χ3v) is 5.30. The van der Waals surface area contributed by atoms with E-state index in [1.54, 1.807) is 11.3 Å². The molecule has 0 aliphatic carbocycles. The average Bonchev–Trinajstić information content (AvgIpc) is 3.24. The number of nitrogens with zero attached hydrogens (tertiary/aromatic N) is 3. The highest BCUT2D eigenvalue weighted by atomic mass is 32.1. The van der Waals surface area contributed by atoms with E-state index in [0.717, 1.165) is 52.7 Å². The number of aryl methyl sites for hydroxylation is 3. The van der Waals surface area contributed by atoms with Crippen molar-refractivity contribution in [1.29, 1.82) is 0 Å². The molecule has 4 rings (SSSR count). The number of thiophene rings is 1. The highest BCUT2D eigenvalue weighted by Crippen LogP contribution is 2.29. The summed E-state index contributed by atoms with van der Waals surface area (Å²) in [6, 6.07) is 14.7. The monoisotopic (exact) mass is 378 g/mol. The summed E-state index contributed by atoms with van der Waals surface area (Å²) in [7, 11) is 0. The Labute approximate surface area is 162 Å². The molecule has 5 nitrogen and oxygen atoms in total.